The van der Waals surface area contributed by atoms with Gasteiger partial charge in [0, 0.05) is 23.5 Å². The van der Waals surface area contributed by atoms with Gasteiger partial charge in [-0.2, -0.15) is 4.98 Å². The number of aromatic nitrogens is 2. The lowest BCUT2D eigenvalue weighted by atomic mass is 9.95. The van der Waals surface area contributed by atoms with Crippen molar-refractivity contribution in [2.24, 2.45) is 0 Å². The Balaban J connectivity index is 2.00. The number of terminal acetylenes is 1. The Hall–Kier alpha value is -1.99. The van der Waals surface area contributed by atoms with E-state index in [9.17, 15) is 0 Å². The van der Waals surface area contributed by atoms with E-state index >= 15 is 0 Å². The molecule has 0 unspecified atom stereocenters. The number of benzene rings is 1. The third-order valence-corrected chi connectivity index (χ3v) is 4.50. The highest BCUT2D eigenvalue weighted by atomic mass is 35.5. The van der Waals surface area contributed by atoms with Crippen LogP contribution in [0.4, 0.5) is 11.8 Å². The average Bonchev–Trinajstić information content (AvgIpc) is 2.55. The maximum Gasteiger partial charge on any atom is 0.228 e. The quantitative estimate of drug-likeness (QED) is 0.858. The Morgan fingerprint density at radius 3 is 2.83 bits per heavy atom. The summed E-state index contributed by atoms with van der Waals surface area (Å²) in [5.41, 5.74) is 0.838. The summed E-state index contributed by atoms with van der Waals surface area (Å²) in [5, 5.41) is 5.28. The first-order valence-corrected chi connectivity index (χ1v) is 8.43. The number of hydrogen-bond acceptors (Lipinski definition) is 4. The zero-order valence-corrected chi connectivity index (χ0v) is 14.1. The molecule has 1 aromatic heterocycles. The summed E-state index contributed by atoms with van der Waals surface area (Å²) in [4.78, 5) is 11.2. The summed E-state index contributed by atoms with van der Waals surface area (Å²) < 4.78 is 0. The molecule has 0 amide bonds. The van der Waals surface area contributed by atoms with E-state index in [2.05, 4.69) is 16.2 Å². The molecule has 0 saturated heterocycles. The maximum absolute atomic E-state index is 6.13. The van der Waals surface area contributed by atoms with Crippen molar-refractivity contribution in [2.75, 3.05) is 23.8 Å². The van der Waals surface area contributed by atoms with Gasteiger partial charge in [-0.3, -0.25) is 0 Å². The van der Waals surface area contributed by atoms with E-state index in [0.29, 0.717) is 23.6 Å². The molecular formula is C18H21ClN4. The molecular weight excluding hydrogens is 308 g/mol. The highest BCUT2D eigenvalue weighted by molar-refractivity contribution is 6.31. The lowest BCUT2D eigenvalue weighted by Crippen LogP contribution is -2.25. The minimum atomic E-state index is 0.467. The van der Waals surface area contributed by atoms with Gasteiger partial charge in [-0.25, -0.2) is 4.98 Å². The van der Waals surface area contributed by atoms with Crippen LogP contribution in [-0.4, -0.2) is 29.6 Å². The molecule has 1 aliphatic carbocycles. The monoisotopic (exact) mass is 328 g/mol. The third-order valence-electron chi connectivity index (χ3n) is 4.26. The van der Waals surface area contributed by atoms with Crippen LogP contribution >= 0.6 is 11.6 Å². The van der Waals surface area contributed by atoms with E-state index in [4.69, 9.17) is 23.0 Å². The molecule has 3 rings (SSSR count). The zero-order valence-electron chi connectivity index (χ0n) is 13.3. The van der Waals surface area contributed by atoms with Crippen LogP contribution < -0.4 is 10.2 Å². The fraction of sp³-hybridized carbons (Fsp3) is 0.444. The van der Waals surface area contributed by atoms with E-state index in [1.165, 1.54) is 32.1 Å². The van der Waals surface area contributed by atoms with Crippen LogP contribution in [0.2, 0.25) is 5.02 Å². The number of hydrogen-bond donors (Lipinski definition) is 1. The topological polar surface area (TPSA) is 41.1 Å². The number of halogens is 1. The summed E-state index contributed by atoms with van der Waals surface area (Å²) in [6.45, 7) is 0.467. The van der Waals surface area contributed by atoms with Gasteiger partial charge in [-0.15, -0.1) is 6.42 Å². The van der Waals surface area contributed by atoms with E-state index in [0.717, 1.165) is 16.7 Å². The molecule has 1 saturated carbocycles. The van der Waals surface area contributed by atoms with Crippen molar-refractivity contribution >= 4 is 34.3 Å². The fourth-order valence-electron chi connectivity index (χ4n) is 3.02. The molecule has 0 radical (unpaired) electrons. The molecule has 1 fully saturated rings. The van der Waals surface area contributed by atoms with Gasteiger partial charge in [-0.1, -0.05) is 36.8 Å². The molecule has 2 aromatic rings. The minimum Gasteiger partial charge on any atom is -0.367 e. The lowest BCUT2D eigenvalue weighted by Gasteiger charge is -2.25. The van der Waals surface area contributed by atoms with Crippen LogP contribution in [0, 0.1) is 12.3 Å². The van der Waals surface area contributed by atoms with Crippen molar-refractivity contribution in [3.63, 3.8) is 0 Å². The van der Waals surface area contributed by atoms with E-state index in [-0.39, 0.29) is 0 Å². The summed E-state index contributed by atoms with van der Waals surface area (Å²) in [6.07, 6.45) is 11.7. The molecule has 120 valence electrons. The Bertz CT molecular complexity index is 732. The summed E-state index contributed by atoms with van der Waals surface area (Å²) in [7, 11) is 1.90. The van der Waals surface area contributed by atoms with Gasteiger partial charge >= 0.3 is 0 Å². The predicted octanol–water partition coefficient (Wildman–Crippen LogP) is 4.10. The molecule has 5 heteroatoms. The van der Waals surface area contributed by atoms with E-state index < -0.39 is 0 Å². The largest absolute Gasteiger partial charge is 0.367 e. The van der Waals surface area contributed by atoms with Crippen molar-refractivity contribution in [3.8, 4) is 12.3 Å². The van der Waals surface area contributed by atoms with Crippen LogP contribution in [0.3, 0.4) is 0 Å². The van der Waals surface area contributed by atoms with Gasteiger partial charge in [0.05, 0.1) is 12.1 Å². The standard InChI is InChI=1S/C18H21ClN4/c1-3-11-23(2)18-21-16-12-13(19)9-10-15(16)17(22-18)20-14-7-5-4-6-8-14/h1,9-10,12,14H,4-8,11H2,2H3,(H,20,21,22). The second-order valence-electron chi connectivity index (χ2n) is 6.07. The Kier molecular flexibility index (Phi) is 4.88. The number of anilines is 2. The SMILES string of the molecule is C#CCN(C)c1nc(NC2CCCCC2)c2ccc(Cl)cc2n1. The van der Waals surface area contributed by atoms with Crippen LogP contribution in [0.5, 0.6) is 0 Å². The summed E-state index contributed by atoms with van der Waals surface area (Å²) >= 11 is 6.13. The molecule has 4 nitrogen and oxygen atoms in total. The van der Waals surface area contributed by atoms with E-state index in [1.54, 1.807) is 0 Å². The van der Waals surface area contributed by atoms with E-state index in [1.807, 2.05) is 30.1 Å². The van der Waals surface area contributed by atoms with Crippen molar-refractivity contribution in [1.29, 1.82) is 0 Å². The number of nitrogens with one attached hydrogen (secondary N) is 1. The molecule has 0 atom stereocenters. The lowest BCUT2D eigenvalue weighted by molar-refractivity contribution is 0.462. The first-order chi connectivity index (χ1) is 11.2. The van der Waals surface area contributed by atoms with Crippen LogP contribution in [0.1, 0.15) is 32.1 Å². The molecule has 1 N–H and O–H groups in total. The fourth-order valence-corrected chi connectivity index (χ4v) is 3.19. The van der Waals surface area contributed by atoms with Gasteiger partial charge in [0.25, 0.3) is 0 Å². The van der Waals surface area contributed by atoms with Gasteiger partial charge < -0.3 is 10.2 Å². The molecule has 23 heavy (non-hydrogen) atoms. The smallest absolute Gasteiger partial charge is 0.228 e. The molecule has 1 aromatic carbocycles. The Morgan fingerprint density at radius 1 is 1.30 bits per heavy atom. The van der Waals surface area contributed by atoms with Gasteiger partial charge in [0.1, 0.15) is 5.82 Å². The Morgan fingerprint density at radius 2 is 2.09 bits per heavy atom. The van der Waals surface area contributed by atoms with Gasteiger partial charge in [-0.05, 0) is 31.0 Å². The van der Waals surface area contributed by atoms with Crippen LogP contribution in [0.25, 0.3) is 10.9 Å². The summed E-state index contributed by atoms with van der Waals surface area (Å²) in [6, 6.07) is 6.21. The first-order valence-electron chi connectivity index (χ1n) is 8.06. The highest BCUT2D eigenvalue weighted by Gasteiger charge is 2.17. The second-order valence-corrected chi connectivity index (χ2v) is 6.51. The molecule has 0 spiro atoms. The molecule has 1 aliphatic rings. The average molecular weight is 329 g/mol. The highest BCUT2D eigenvalue weighted by Crippen LogP contribution is 2.28. The second kappa shape index (κ2) is 7.06. The minimum absolute atomic E-state index is 0.467. The van der Waals surface area contributed by atoms with Crippen LogP contribution in [0.15, 0.2) is 18.2 Å². The van der Waals surface area contributed by atoms with Crippen LogP contribution in [-0.2, 0) is 0 Å². The number of fused-ring (bicyclic) bond motifs is 1. The number of nitrogens with zero attached hydrogens (tertiary/aromatic N) is 3. The first kappa shape index (κ1) is 15.9. The maximum atomic E-state index is 6.13. The van der Waals surface area contributed by atoms with Crippen molar-refractivity contribution in [1.82, 2.24) is 9.97 Å². The zero-order chi connectivity index (χ0) is 16.2. The normalized spacial score (nSPS) is 15.3. The van der Waals surface area contributed by atoms with Crippen molar-refractivity contribution in [3.05, 3.63) is 23.2 Å². The predicted molar refractivity (Wildman–Crippen MR) is 97.1 cm³/mol. The third kappa shape index (κ3) is 3.68. The van der Waals surface area contributed by atoms with Crippen molar-refractivity contribution in [2.45, 2.75) is 38.1 Å². The summed E-state index contributed by atoms with van der Waals surface area (Å²) in [5.74, 6) is 4.12. The molecule has 1 heterocycles. The van der Waals surface area contributed by atoms with Gasteiger partial charge in [0.15, 0.2) is 0 Å². The van der Waals surface area contributed by atoms with Crippen molar-refractivity contribution < 1.29 is 0 Å². The van der Waals surface area contributed by atoms with Gasteiger partial charge in [0.2, 0.25) is 5.95 Å². The molecule has 0 aliphatic heterocycles. The molecule has 0 bridgehead atoms. The number of rotatable bonds is 4. The Labute approximate surface area is 142 Å².